The SMILES string of the molecule is Cc1cc(N2CC3CCC2CN3Cc2ccccn2)ccc1-c1cn(CC2CCCCO2)nn1. The largest absolute Gasteiger partial charge is 0.376 e. The standard InChI is InChI=1S/C27H34N6O/c1-20-14-22(10-11-26(20)27-19-32(30-29-27)18-25-7-3-5-13-34-25)33-17-23-8-9-24(33)16-31(23)15-21-6-2-4-12-28-21/h2,4,6,10-12,14,19,23-25H,3,5,7-9,13,15-18H2,1H3. The van der Waals surface area contributed by atoms with Gasteiger partial charge in [0.15, 0.2) is 0 Å². The minimum Gasteiger partial charge on any atom is -0.376 e. The predicted molar refractivity (Wildman–Crippen MR) is 133 cm³/mol. The summed E-state index contributed by atoms with van der Waals surface area (Å²) in [5.74, 6) is 0. The molecule has 3 unspecified atom stereocenters. The Kier molecular flexibility index (Phi) is 6.05. The molecule has 178 valence electrons. The molecular formula is C27H34N6O. The Balaban J connectivity index is 1.13. The zero-order valence-electron chi connectivity index (χ0n) is 20.0. The first-order valence-electron chi connectivity index (χ1n) is 12.8. The number of piperidine rings is 2. The van der Waals surface area contributed by atoms with Crippen LogP contribution in [0.3, 0.4) is 0 Å². The number of anilines is 1. The van der Waals surface area contributed by atoms with Crippen molar-refractivity contribution >= 4 is 5.69 Å². The molecule has 0 N–H and O–H groups in total. The highest BCUT2D eigenvalue weighted by Gasteiger charge is 2.39. The van der Waals surface area contributed by atoms with E-state index in [0.29, 0.717) is 12.1 Å². The fourth-order valence-corrected chi connectivity index (χ4v) is 5.91. The van der Waals surface area contributed by atoms with E-state index in [9.17, 15) is 0 Å². The number of nitrogens with zero attached hydrogens (tertiary/aromatic N) is 6. The summed E-state index contributed by atoms with van der Waals surface area (Å²) in [6, 6.07) is 14.2. The molecule has 0 saturated carbocycles. The fourth-order valence-electron chi connectivity index (χ4n) is 5.91. The number of aryl methyl sites for hydroxylation is 1. The number of ether oxygens (including phenoxy) is 1. The molecule has 0 amide bonds. The topological polar surface area (TPSA) is 59.3 Å². The first-order chi connectivity index (χ1) is 16.7. The van der Waals surface area contributed by atoms with Crippen molar-refractivity contribution in [3.8, 4) is 11.3 Å². The molecule has 2 aromatic heterocycles. The number of benzene rings is 1. The average Bonchev–Trinajstić information content (AvgIpc) is 3.33. The van der Waals surface area contributed by atoms with Gasteiger partial charge in [0.05, 0.1) is 24.5 Å². The number of fused-ring (bicyclic) bond motifs is 3. The van der Waals surface area contributed by atoms with E-state index in [0.717, 1.165) is 44.9 Å². The molecule has 4 saturated heterocycles. The van der Waals surface area contributed by atoms with Crippen LogP contribution in [0.4, 0.5) is 5.69 Å². The van der Waals surface area contributed by atoms with E-state index < -0.39 is 0 Å². The normalized spacial score (nSPS) is 25.1. The maximum atomic E-state index is 5.87. The average molecular weight is 459 g/mol. The van der Waals surface area contributed by atoms with Crippen molar-refractivity contribution in [2.24, 2.45) is 0 Å². The number of pyridine rings is 1. The van der Waals surface area contributed by atoms with Crippen LogP contribution in [0.2, 0.25) is 0 Å². The molecule has 1 aromatic carbocycles. The van der Waals surface area contributed by atoms with E-state index in [1.165, 1.54) is 48.2 Å². The molecule has 0 aliphatic carbocycles. The lowest BCUT2D eigenvalue weighted by molar-refractivity contribution is 0.00370. The highest BCUT2D eigenvalue weighted by molar-refractivity contribution is 5.67. The van der Waals surface area contributed by atoms with E-state index in [-0.39, 0.29) is 6.10 Å². The van der Waals surface area contributed by atoms with Gasteiger partial charge >= 0.3 is 0 Å². The van der Waals surface area contributed by atoms with Gasteiger partial charge in [0.2, 0.25) is 0 Å². The number of aromatic nitrogens is 4. The molecule has 0 radical (unpaired) electrons. The van der Waals surface area contributed by atoms with Crippen molar-refractivity contribution < 1.29 is 4.74 Å². The maximum Gasteiger partial charge on any atom is 0.113 e. The smallest absolute Gasteiger partial charge is 0.113 e. The Bertz CT molecular complexity index is 1110. The van der Waals surface area contributed by atoms with Crippen LogP contribution in [0.15, 0.2) is 48.8 Å². The quantitative estimate of drug-likeness (QED) is 0.555. The summed E-state index contributed by atoms with van der Waals surface area (Å²) in [6.07, 6.45) is 10.3. The minimum absolute atomic E-state index is 0.263. The van der Waals surface area contributed by atoms with E-state index >= 15 is 0 Å². The van der Waals surface area contributed by atoms with Gasteiger partial charge in [-0.25, -0.2) is 4.68 Å². The Morgan fingerprint density at radius 3 is 2.74 bits per heavy atom. The zero-order valence-corrected chi connectivity index (χ0v) is 20.0. The van der Waals surface area contributed by atoms with Gasteiger partial charge in [-0.1, -0.05) is 17.3 Å². The van der Waals surface area contributed by atoms with Gasteiger partial charge in [0.25, 0.3) is 0 Å². The third-order valence-corrected chi connectivity index (χ3v) is 7.76. The zero-order chi connectivity index (χ0) is 22.9. The van der Waals surface area contributed by atoms with Crippen molar-refractivity contribution in [2.45, 2.75) is 70.3 Å². The van der Waals surface area contributed by atoms with Gasteiger partial charge in [0.1, 0.15) is 5.69 Å². The van der Waals surface area contributed by atoms with E-state index in [1.54, 1.807) is 0 Å². The van der Waals surface area contributed by atoms with Crippen LogP contribution in [0.1, 0.15) is 43.4 Å². The molecule has 34 heavy (non-hydrogen) atoms. The Hall–Kier alpha value is -2.77. The van der Waals surface area contributed by atoms with E-state index in [1.807, 2.05) is 16.9 Å². The van der Waals surface area contributed by atoms with E-state index in [2.05, 4.69) is 68.5 Å². The lowest BCUT2D eigenvalue weighted by atomic mass is 9.89. The van der Waals surface area contributed by atoms with Gasteiger partial charge in [-0.05, 0) is 68.9 Å². The van der Waals surface area contributed by atoms with Gasteiger partial charge in [0, 0.05) is 55.8 Å². The van der Waals surface area contributed by atoms with Crippen LogP contribution in [0.25, 0.3) is 11.3 Å². The maximum absolute atomic E-state index is 5.87. The Labute approximate surface area is 201 Å². The van der Waals surface area contributed by atoms with Gasteiger partial charge in [-0.15, -0.1) is 5.10 Å². The summed E-state index contributed by atoms with van der Waals surface area (Å²) in [6.45, 7) is 7.00. The van der Waals surface area contributed by atoms with E-state index in [4.69, 9.17) is 4.74 Å². The number of hydrogen-bond acceptors (Lipinski definition) is 6. The molecule has 7 heteroatoms. The Morgan fingerprint density at radius 1 is 1.03 bits per heavy atom. The second-order valence-corrected chi connectivity index (χ2v) is 10.1. The second kappa shape index (κ2) is 9.47. The minimum atomic E-state index is 0.263. The Morgan fingerprint density at radius 2 is 1.97 bits per heavy atom. The molecule has 4 aliphatic rings. The highest BCUT2D eigenvalue weighted by Crippen LogP contribution is 2.35. The van der Waals surface area contributed by atoms with Crippen LogP contribution >= 0.6 is 0 Å². The first kappa shape index (κ1) is 21.7. The van der Waals surface area contributed by atoms with Crippen LogP contribution in [0, 0.1) is 6.92 Å². The van der Waals surface area contributed by atoms with Gasteiger partial charge < -0.3 is 9.64 Å². The third-order valence-electron chi connectivity index (χ3n) is 7.76. The summed E-state index contributed by atoms with van der Waals surface area (Å²) in [4.78, 5) is 9.79. The van der Waals surface area contributed by atoms with Crippen LogP contribution in [-0.4, -0.2) is 62.8 Å². The summed E-state index contributed by atoms with van der Waals surface area (Å²) in [5, 5.41) is 8.85. The van der Waals surface area contributed by atoms with Crippen molar-refractivity contribution in [1.29, 1.82) is 0 Å². The predicted octanol–water partition coefficient (Wildman–Crippen LogP) is 4.07. The molecule has 7 nitrogen and oxygen atoms in total. The molecule has 3 aromatic rings. The van der Waals surface area contributed by atoms with Crippen LogP contribution in [0.5, 0.6) is 0 Å². The summed E-state index contributed by atoms with van der Waals surface area (Å²) < 4.78 is 7.81. The number of rotatable bonds is 6. The van der Waals surface area contributed by atoms with Crippen LogP contribution in [-0.2, 0) is 17.8 Å². The second-order valence-electron chi connectivity index (χ2n) is 10.1. The molecular weight excluding hydrogens is 424 g/mol. The van der Waals surface area contributed by atoms with Crippen molar-refractivity contribution in [2.75, 3.05) is 24.6 Å². The summed E-state index contributed by atoms with van der Waals surface area (Å²) >= 11 is 0. The molecule has 6 heterocycles. The first-order valence-corrected chi connectivity index (χ1v) is 12.8. The fraction of sp³-hybridized carbons (Fsp3) is 0.519. The van der Waals surface area contributed by atoms with Crippen molar-refractivity contribution in [3.63, 3.8) is 0 Å². The molecule has 7 rings (SSSR count). The molecule has 4 fully saturated rings. The van der Waals surface area contributed by atoms with Crippen LogP contribution < -0.4 is 4.90 Å². The lowest BCUT2D eigenvalue weighted by Crippen LogP contribution is -2.62. The monoisotopic (exact) mass is 458 g/mol. The lowest BCUT2D eigenvalue weighted by Gasteiger charge is -2.52. The third kappa shape index (κ3) is 4.46. The van der Waals surface area contributed by atoms with Gasteiger partial charge in [-0.3, -0.25) is 9.88 Å². The molecule has 2 bridgehead atoms. The number of hydrogen-bond donors (Lipinski definition) is 0. The molecule has 0 spiro atoms. The molecule has 3 atom stereocenters. The summed E-state index contributed by atoms with van der Waals surface area (Å²) in [7, 11) is 0. The van der Waals surface area contributed by atoms with Crippen molar-refractivity contribution in [1.82, 2.24) is 24.9 Å². The summed E-state index contributed by atoms with van der Waals surface area (Å²) in [5.41, 5.74) is 5.87. The van der Waals surface area contributed by atoms with Gasteiger partial charge in [-0.2, -0.15) is 0 Å². The molecule has 4 aliphatic heterocycles. The van der Waals surface area contributed by atoms with Crippen molar-refractivity contribution in [3.05, 3.63) is 60.0 Å². The number of piperazine rings is 1. The highest BCUT2D eigenvalue weighted by atomic mass is 16.5.